The Bertz CT molecular complexity index is 301. The minimum absolute atomic E-state index is 0. The fourth-order valence-electron chi connectivity index (χ4n) is 0. The van der Waals surface area contributed by atoms with Gasteiger partial charge in [-0.25, -0.2) is 19.2 Å². The average Bonchev–Trinajstić information content (AvgIpc) is 2.40. The summed E-state index contributed by atoms with van der Waals surface area (Å²) < 4.78 is 0. The van der Waals surface area contributed by atoms with Gasteiger partial charge in [-0.2, -0.15) is 0 Å². The van der Waals surface area contributed by atoms with E-state index in [1.165, 1.54) is 0 Å². The summed E-state index contributed by atoms with van der Waals surface area (Å²) >= 11 is 0. The first-order valence-corrected chi connectivity index (χ1v) is 4.50. The van der Waals surface area contributed by atoms with Crippen LogP contribution in [0, 0.1) is 0 Å². The van der Waals surface area contributed by atoms with E-state index in [9.17, 15) is 19.2 Å². The SMILES string of the molecule is C=CC(=O)O.C=CC(=O)O.C=CC(=O)O.C=CC(=O)O.[W]. The molecule has 0 aromatic carbocycles. The average molecular weight is 472 g/mol. The molecule has 0 fully saturated rings. The van der Waals surface area contributed by atoms with Crippen LogP contribution in [0.1, 0.15) is 0 Å². The monoisotopic (exact) mass is 472 g/mol. The number of hydrogen-bond donors (Lipinski definition) is 4. The standard InChI is InChI=1S/4C3H4O2.W/c4*1-2-3(4)5;/h4*2H,1H2,(H,4,5);. The largest absolute Gasteiger partial charge is 0.478 e. The van der Waals surface area contributed by atoms with Gasteiger partial charge in [0.2, 0.25) is 0 Å². The Labute approximate surface area is 135 Å². The van der Waals surface area contributed by atoms with Gasteiger partial charge in [-0.15, -0.1) is 0 Å². The van der Waals surface area contributed by atoms with Gasteiger partial charge in [0.05, 0.1) is 0 Å². The summed E-state index contributed by atoms with van der Waals surface area (Å²) in [6, 6.07) is 0. The van der Waals surface area contributed by atoms with Crippen LogP contribution >= 0.6 is 0 Å². The first kappa shape index (κ1) is 31.1. The van der Waals surface area contributed by atoms with Crippen LogP contribution in [0.15, 0.2) is 50.6 Å². The van der Waals surface area contributed by atoms with Crippen molar-refractivity contribution in [2.75, 3.05) is 0 Å². The molecule has 118 valence electrons. The topological polar surface area (TPSA) is 149 Å². The van der Waals surface area contributed by atoms with E-state index in [-0.39, 0.29) is 21.1 Å². The Morgan fingerprint density at radius 3 is 0.571 bits per heavy atom. The molecule has 4 N–H and O–H groups in total. The molecule has 0 rings (SSSR count). The first-order chi connectivity index (χ1) is 9.08. The minimum atomic E-state index is -0.981. The predicted molar refractivity (Wildman–Crippen MR) is 71.3 cm³/mol. The van der Waals surface area contributed by atoms with Crippen molar-refractivity contribution in [1.29, 1.82) is 0 Å². The molecule has 0 saturated heterocycles. The second-order valence-corrected chi connectivity index (χ2v) is 2.17. The summed E-state index contributed by atoms with van der Waals surface area (Å²) in [5.41, 5.74) is 0. The molecule has 9 heteroatoms. The Balaban J connectivity index is -0.0000000533. The van der Waals surface area contributed by atoms with Crippen LogP contribution in [0.2, 0.25) is 0 Å². The van der Waals surface area contributed by atoms with Crippen LogP contribution in [0.5, 0.6) is 0 Å². The number of carboxylic acid groups (broad SMARTS) is 4. The van der Waals surface area contributed by atoms with Crippen LogP contribution in [0.25, 0.3) is 0 Å². The quantitative estimate of drug-likeness (QED) is 0.444. The van der Waals surface area contributed by atoms with Gasteiger partial charge in [0.1, 0.15) is 0 Å². The van der Waals surface area contributed by atoms with Crippen LogP contribution in [0.3, 0.4) is 0 Å². The molecule has 0 radical (unpaired) electrons. The normalized spacial score (nSPS) is 6.10. The van der Waals surface area contributed by atoms with Crippen LogP contribution in [0.4, 0.5) is 0 Å². The number of carbonyl (C=O) groups is 4. The van der Waals surface area contributed by atoms with Gasteiger partial charge in [-0.05, 0) is 0 Å². The number of aliphatic carboxylic acids is 4. The zero-order chi connectivity index (χ0) is 17.1. The van der Waals surface area contributed by atoms with Gasteiger partial charge in [0.25, 0.3) is 0 Å². The van der Waals surface area contributed by atoms with Crippen LogP contribution in [-0.2, 0) is 40.2 Å². The molecule has 0 bridgehead atoms. The van der Waals surface area contributed by atoms with Gasteiger partial charge in [0.15, 0.2) is 0 Å². The first-order valence-electron chi connectivity index (χ1n) is 4.50. The molecule has 0 aromatic rings. The van der Waals surface area contributed by atoms with Crippen LogP contribution < -0.4 is 0 Å². The second kappa shape index (κ2) is 26.2. The van der Waals surface area contributed by atoms with E-state index in [2.05, 4.69) is 26.3 Å². The smallest absolute Gasteiger partial charge is 0.327 e. The van der Waals surface area contributed by atoms with Gasteiger partial charge in [0, 0.05) is 45.4 Å². The molecule has 0 aliphatic carbocycles. The molecule has 0 spiro atoms. The van der Waals surface area contributed by atoms with Gasteiger partial charge >= 0.3 is 23.9 Å². The fraction of sp³-hybridized carbons (Fsp3) is 0. The van der Waals surface area contributed by atoms with E-state index < -0.39 is 23.9 Å². The van der Waals surface area contributed by atoms with E-state index in [4.69, 9.17) is 20.4 Å². The molecule has 0 amide bonds. The zero-order valence-electron chi connectivity index (χ0n) is 11.0. The van der Waals surface area contributed by atoms with Gasteiger partial charge in [-0.3, -0.25) is 0 Å². The third kappa shape index (κ3) is 138. The van der Waals surface area contributed by atoms with E-state index in [0.717, 1.165) is 24.3 Å². The van der Waals surface area contributed by atoms with E-state index in [1.807, 2.05) is 0 Å². The molecular weight excluding hydrogens is 456 g/mol. The molecule has 8 nitrogen and oxygen atoms in total. The molecule has 0 aromatic heterocycles. The predicted octanol–water partition coefficient (Wildman–Crippen LogP) is 1.03. The Morgan fingerprint density at radius 1 is 0.524 bits per heavy atom. The molecule has 0 atom stereocenters. The molecule has 0 heterocycles. The van der Waals surface area contributed by atoms with E-state index >= 15 is 0 Å². The van der Waals surface area contributed by atoms with E-state index in [0.29, 0.717) is 0 Å². The number of carboxylic acids is 4. The Hall–Kier alpha value is -2.47. The summed E-state index contributed by atoms with van der Waals surface area (Å²) in [5, 5.41) is 30.4. The molecule has 0 aliphatic rings. The summed E-state index contributed by atoms with van der Waals surface area (Å²) in [4.78, 5) is 37.0. The van der Waals surface area contributed by atoms with E-state index in [1.54, 1.807) is 0 Å². The fourth-order valence-corrected chi connectivity index (χ4v) is 0. The maximum Gasteiger partial charge on any atom is 0.327 e. The summed E-state index contributed by atoms with van der Waals surface area (Å²) in [6.45, 7) is 11.8. The van der Waals surface area contributed by atoms with Gasteiger partial charge in [-0.1, -0.05) is 26.3 Å². The molecular formula is C12H16O8W. The van der Waals surface area contributed by atoms with Crippen molar-refractivity contribution in [2.24, 2.45) is 0 Å². The van der Waals surface area contributed by atoms with Crippen molar-refractivity contribution in [2.45, 2.75) is 0 Å². The van der Waals surface area contributed by atoms with Crippen molar-refractivity contribution < 1.29 is 60.7 Å². The van der Waals surface area contributed by atoms with Crippen LogP contribution in [-0.4, -0.2) is 44.3 Å². The van der Waals surface area contributed by atoms with Gasteiger partial charge < -0.3 is 20.4 Å². The molecule has 0 aliphatic heterocycles. The van der Waals surface area contributed by atoms with Crippen molar-refractivity contribution >= 4 is 23.9 Å². The molecule has 21 heavy (non-hydrogen) atoms. The molecule has 0 unspecified atom stereocenters. The Kier molecular flexibility index (Phi) is 38.8. The van der Waals surface area contributed by atoms with Crippen molar-refractivity contribution in [1.82, 2.24) is 0 Å². The van der Waals surface area contributed by atoms with Crippen molar-refractivity contribution in [3.8, 4) is 0 Å². The zero-order valence-corrected chi connectivity index (χ0v) is 13.9. The van der Waals surface area contributed by atoms with Crippen molar-refractivity contribution in [3.63, 3.8) is 0 Å². The van der Waals surface area contributed by atoms with Crippen molar-refractivity contribution in [3.05, 3.63) is 50.6 Å². The second-order valence-electron chi connectivity index (χ2n) is 2.17. The molecule has 0 saturated carbocycles. The Morgan fingerprint density at radius 2 is 0.571 bits per heavy atom. The summed E-state index contributed by atoms with van der Waals surface area (Å²) in [6.07, 6.45) is 3.33. The minimum Gasteiger partial charge on any atom is -0.478 e. The maximum atomic E-state index is 9.25. The third-order valence-corrected chi connectivity index (χ3v) is 0.698. The number of rotatable bonds is 4. The summed E-state index contributed by atoms with van der Waals surface area (Å²) in [5.74, 6) is -3.93. The summed E-state index contributed by atoms with van der Waals surface area (Å²) in [7, 11) is 0. The third-order valence-electron chi connectivity index (χ3n) is 0.698. The number of hydrogen-bond acceptors (Lipinski definition) is 4. The maximum absolute atomic E-state index is 9.25.